The molecule has 0 aliphatic rings. The second-order valence-electron chi connectivity index (χ2n) is 2.47. The molecule has 2 nitrogen and oxygen atoms in total. The Kier molecular flexibility index (Phi) is 5.23. The number of hydrogen-bond donors (Lipinski definition) is 0. The van der Waals surface area contributed by atoms with Gasteiger partial charge in [-0.1, -0.05) is 29.1 Å². The van der Waals surface area contributed by atoms with Crippen molar-refractivity contribution < 1.29 is 9.53 Å². The molecular formula is C10H5Cl2IO2. The molecule has 1 aromatic rings. The molecule has 0 aliphatic carbocycles. The average Bonchev–Trinajstić information content (AvgIpc) is 2.17. The number of ether oxygens (including phenoxy) is 1. The van der Waals surface area contributed by atoms with E-state index in [4.69, 9.17) is 27.9 Å². The summed E-state index contributed by atoms with van der Waals surface area (Å²) in [6, 6.07) is 4.59. The number of carbonyl (C=O) groups is 1. The molecule has 78 valence electrons. The number of rotatable bonds is 2. The van der Waals surface area contributed by atoms with Crippen molar-refractivity contribution in [3.8, 4) is 9.85 Å². The van der Waals surface area contributed by atoms with Gasteiger partial charge in [0.2, 0.25) is 0 Å². The first-order valence-electron chi connectivity index (χ1n) is 3.86. The summed E-state index contributed by atoms with van der Waals surface area (Å²) in [6.07, 6.45) is 0. The van der Waals surface area contributed by atoms with Crippen molar-refractivity contribution in [2.45, 2.75) is 0 Å². The molecule has 5 heteroatoms. The van der Waals surface area contributed by atoms with Gasteiger partial charge in [0.1, 0.15) is 0 Å². The molecule has 0 fully saturated rings. The van der Waals surface area contributed by atoms with E-state index in [2.05, 4.69) is 9.85 Å². The molecule has 0 aromatic heterocycles. The highest BCUT2D eigenvalue weighted by Gasteiger charge is 2.11. The van der Waals surface area contributed by atoms with E-state index < -0.39 is 5.97 Å². The Bertz CT molecular complexity index is 435. The van der Waals surface area contributed by atoms with Crippen LogP contribution in [0.3, 0.4) is 0 Å². The van der Waals surface area contributed by atoms with Gasteiger partial charge in [-0.15, -0.1) is 0 Å². The van der Waals surface area contributed by atoms with Crippen LogP contribution in [-0.2, 0) is 4.74 Å². The smallest absolute Gasteiger partial charge is 0.340 e. The summed E-state index contributed by atoms with van der Waals surface area (Å²) in [7, 11) is 0. The second kappa shape index (κ2) is 6.21. The highest BCUT2D eigenvalue weighted by atomic mass is 127. The Hall–Kier alpha value is -0.440. The standard InChI is InChI=1S/C10H5Cl2IO2/c11-7-2-3-8(9(12)6-7)10(14)15-5-1-4-13/h2-3,6H,5H2. The van der Waals surface area contributed by atoms with E-state index in [0.29, 0.717) is 5.02 Å². The van der Waals surface area contributed by atoms with Gasteiger partial charge in [-0.2, -0.15) is 0 Å². The van der Waals surface area contributed by atoms with Gasteiger partial charge in [0, 0.05) is 27.6 Å². The minimum absolute atomic E-state index is 0.0563. The van der Waals surface area contributed by atoms with Crippen LogP contribution in [0.15, 0.2) is 18.2 Å². The maximum absolute atomic E-state index is 11.4. The Morgan fingerprint density at radius 1 is 1.47 bits per heavy atom. The highest BCUT2D eigenvalue weighted by Crippen LogP contribution is 2.21. The fourth-order valence-corrected chi connectivity index (χ4v) is 1.50. The normalized spacial score (nSPS) is 9.00. The third kappa shape index (κ3) is 3.90. The van der Waals surface area contributed by atoms with Crippen LogP contribution in [0.2, 0.25) is 10.0 Å². The van der Waals surface area contributed by atoms with E-state index in [1.165, 1.54) is 12.1 Å². The van der Waals surface area contributed by atoms with Crippen molar-refractivity contribution in [3.63, 3.8) is 0 Å². The molecule has 1 rings (SSSR count). The van der Waals surface area contributed by atoms with E-state index in [1.807, 2.05) is 22.6 Å². The summed E-state index contributed by atoms with van der Waals surface area (Å²) in [5, 5.41) is 0.749. The molecule has 0 saturated heterocycles. The van der Waals surface area contributed by atoms with Gasteiger partial charge >= 0.3 is 5.97 Å². The first kappa shape index (κ1) is 12.6. The van der Waals surface area contributed by atoms with E-state index in [1.54, 1.807) is 6.07 Å². The van der Waals surface area contributed by atoms with Gasteiger partial charge in [0.25, 0.3) is 0 Å². The summed E-state index contributed by atoms with van der Waals surface area (Å²) in [5.74, 6) is 2.10. The van der Waals surface area contributed by atoms with Gasteiger partial charge < -0.3 is 4.74 Å². The highest BCUT2D eigenvalue weighted by molar-refractivity contribution is 14.1. The largest absolute Gasteiger partial charge is 0.449 e. The second-order valence-corrected chi connectivity index (χ2v) is 3.85. The minimum atomic E-state index is -0.504. The molecule has 0 unspecified atom stereocenters. The summed E-state index contributed by atoms with van der Waals surface area (Å²) < 4.78 is 7.43. The monoisotopic (exact) mass is 354 g/mol. The number of carbonyl (C=O) groups excluding carboxylic acids is 1. The third-order valence-electron chi connectivity index (χ3n) is 1.49. The molecule has 0 heterocycles. The fraction of sp³-hybridized carbons (Fsp3) is 0.100. The minimum Gasteiger partial charge on any atom is -0.449 e. The van der Waals surface area contributed by atoms with Gasteiger partial charge in [0.05, 0.1) is 10.6 Å². The average molecular weight is 355 g/mol. The fourth-order valence-electron chi connectivity index (χ4n) is 0.862. The van der Waals surface area contributed by atoms with Crippen LogP contribution in [0.5, 0.6) is 0 Å². The van der Waals surface area contributed by atoms with Crippen LogP contribution in [0.25, 0.3) is 0 Å². The SMILES string of the molecule is O=C(OCC#CI)c1ccc(Cl)cc1Cl. The van der Waals surface area contributed by atoms with Gasteiger partial charge in [-0.05, 0) is 22.1 Å². The first-order chi connectivity index (χ1) is 7.15. The van der Waals surface area contributed by atoms with Crippen molar-refractivity contribution in [2.24, 2.45) is 0 Å². The zero-order chi connectivity index (χ0) is 11.3. The van der Waals surface area contributed by atoms with Crippen LogP contribution in [0.1, 0.15) is 10.4 Å². The molecule has 0 spiro atoms. The quantitative estimate of drug-likeness (QED) is 0.461. The van der Waals surface area contributed by atoms with Crippen molar-refractivity contribution in [1.82, 2.24) is 0 Å². The molecule has 15 heavy (non-hydrogen) atoms. The van der Waals surface area contributed by atoms with E-state index in [-0.39, 0.29) is 17.2 Å². The van der Waals surface area contributed by atoms with Crippen LogP contribution >= 0.6 is 45.8 Å². The van der Waals surface area contributed by atoms with Gasteiger partial charge in [-0.25, -0.2) is 4.79 Å². The zero-order valence-corrected chi connectivity index (χ0v) is 11.1. The number of halogens is 3. The third-order valence-corrected chi connectivity index (χ3v) is 2.42. The lowest BCUT2D eigenvalue weighted by Gasteiger charge is -2.03. The lowest BCUT2D eigenvalue weighted by atomic mass is 10.2. The predicted molar refractivity (Wildman–Crippen MR) is 68.5 cm³/mol. The molecule has 0 aliphatic heterocycles. The number of hydrogen-bond acceptors (Lipinski definition) is 2. The zero-order valence-electron chi connectivity index (χ0n) is 7.39. The van der Waals surface area contributed by atoms with Crippen molar-refractivity contribution in [1.29, 1.82) is 0 Å². The molecule has 0 amide bonds. The molecular weight excluding hydrogens is 350 g/mol. The van der Waals surface area contributed by atoms with Crippen LogP contribution in [0, 0.1) is 9.85 Å². The molecule has 0 atom stereocenters. The predicted octanol–water partition coefficient (Wildman–Crippen LogP) is 3.55. The number of benzene rings is 1. The van der Waals surface area contributed by atoms with Gasteiger partial charge in [0.15, 0.2) is 6.61 Å². The lowest BCUT2D eigenvalue weighted by Crippen LogP contribution is -2.05. The summed E-state index contributed by atoms with van der Waals surface area (Å²) in [4.78, 5) is 11.4. The number of esters is 1. The van der Waals surface area contributed by atoms with Crippen molar-refractivity contribution in [3.05, 3.63) is 33.8 Å². The molecule has 0 bridgehead atoms. The van der Waals surface area contributed by atoms with E-state index >= 15 is 0 Å². The summed E-state index contributed by atoms with van der Waals surface area (Å²) in [6.45, 7) is 0.0563. The van der Waals surface area contributed by atoms with Crippen molar-refractivity contribution >= 4 is 51.8 Å². The van der Waals surface area contributed by atoms with Crippen molar-refractivity contribution in [2.75, 3.05) is 6.61 Å². The topological polar surface area (TPSA) is 26.3 Å². The van der Waals surface area contributed by atoms with E-state index in [9.17, 15) is 4.79 Å². The van der Waals surface area contributed by atoms with Crippen LogP contribution in [-0.4, -0.2) is 12.6 Å². The Morgan fingerprint density at radius 2 is 2.20 bits per heavy atom. The van der Waals surface area contributed by atoms with E-state index in [0.717, 1.165) is 0 Å². The first-order valence-corrected chi connectivity index (χ1v) is 5.69. The molecule has 0 N–H and O–H groups in total. The van der Waals surface area contributed by atoms with Crippen LogP contribution < -0.4 is 0 Å². The maximum Gasteiger partial charge on any atom is 0.340 e. The Morgan fingerprint density at radius 3 is 2.80 bits per heavy atom. The Labute approximate surface area is 111 Å². The molecule has 1 aromatic carbocycles. The molecule has 0 radical (unpaired) electrons. The Balaban J connectivity index is 2.76. The lowest BCUT2D eigenvalue weighted by molar-refractivity contribution is 0.0557. The van der Waals surface area contributed by atoms with Crippen LogP contribution in [0.4, 0.5) is 0 Å². The maximum atomic E-state index is 11.4. The summed E-state index contributed by atoms with van der Waals surface area (Å²) in [5.41, 5.74) is 0.288. The molecule has 0 saturated carbocycles. The van der Waals surface area contributed by atoms with Gasteiger partial charge in [-0.3, -0.25) is 0 Å². The summed E-state index contributed by atoms with van der Waals surface area (Å²) >= 11 is 13.4.